The number of nitrogens with one attached hydrogen (secondary N) is 1. The Morgan fingerprint density at radius 1 is 1.29 bits per heavy atom. The molecule has 0 aliphatic heterocycles. The Labute approximate surface area is 86.0 Å². The van der Waals surface area contributed by atoms with E-state index in [1.54, 1.807) is 0 Å². The zero-order chi connectivity index (χ0) is 10.4. The summed E-state index contributed by atoms with van der Waals surface area (Å²) in [5, 5.41) is 12.9. The molecule has 0 aliphatic rings. The molecule has 0 saturated carbocycles. The van der Waals surface area contributed by atoms with Gasteiger partial charge in [0.2, 0.25) is 0 Å². The Bertz CT molecular complexity index is 256. The molecule has 2 nitrogen and oxygen atoms in total. The average molecular weight is 193 g/mol. The second kappa shape index (κ2) is 5.78. The number of aryl methyl sites for hydroxylation is 1. The molecule has 0 fully saturated rings. The molecule has 14 heavy (non-hydrogen) atoms. The summed E-state index contributed by atoms with van der Waals surface area (Å²) in [6.07, 6.45) is 1.51. The lowest BCUT2D eigenvalue weighted by atomic mass is 10.0. The molecule has 0 saturated heterocycles. The normalized spacial score (nSPS) is 12.8. The van der Waals surface area contributed by atoms with Crippen LogP contribution in [0.2, 0.25) is 0 Å². The zero-order valence-electron chi connectivity index (χ0n) is 8.96. The van der Waals surface area contributed by atoms with Gasteiger partial charge in [-0.2, -0.15) is 0 Å². The molecule has 1 rings (SSSR count). The van der Waals surface area contributed by atoms with E-state index in [0.29, 0.717) is 0 Å². The Morgan fingerprint density at radius 2 is 1.93 bits per heavy atom. The van der Waals surface area contributed by atoms with E-state index >= 15 is 0 Å². The molecule has 78 valence electrons. The number of hydrogen-bond donors (Lipinski definition) is 2. The smallest absolute Gasteiger partial charge is 0.0790 e. The van der Waals surface area contributed by atoms with Crippen molar-refractivity contribution in [1.29, 1.82) is 0 Å². The molecule has 0 aromatic heterocycles. The first-order valence-corrected chi connectivity index (χ1v) is 5.13. The number of aliphatic hydroxyl groups is 1. The van der Waals surface area contributed by atoms with Crippen LogP contribution in [-0.2, 0) is 0 Å². The molecule has 0 amide bonds. The van der Waals surface area contributed by atoms with Crippen LogP contribution in [0.3, 0.4) is 0 Å². The maximum absolute atomic E-state index is 9.81. The van der Waals surface area contributed by atoms with Crippen molar-refractivity contribution in [3.8, 4) is 0 Å². The van der Waals surface area contributed by atoms with Crippen LogP contribution in [-0.4, -0.2) is 18.7 Å². The third-order valence-electron chi connectivity index (χ3n) is 2.37. The first-order chi connectivity index (χ1) is 6.74. The van der Waals surface area contributed by atoms with Gasteiger partial charge in [-0.05, 0) is 38.9 Å². The second-order valence-corrected chi connectivity index (χ2v) is 3.67. The van der Waals surface area contributed by atoms with Crippen molar-refractivity contribution in [3.05, 3.63) is 35.4 Å². The topological polar surface area (TPSA) is 32.3 Å². The molecular weight excluding hydrogens is 174 g/mol. The summed E-state index contributed by atoms with van der Waals surface area (Å²) in [7, 11) is 1.93. The van der Waals surface area contributed by atoms with Crippen LogP contribution in [0.25, 0.3) is 0 Å². The monoisotopic (exact) mass is 193 g/mol. The van der Waals surface area contributed by atoms with Crippen LogP contribution in [0, 0.1) is 6.92 Å². The summed E-state index contributed by atoms with van der Waals surface area (Å²) < 4.78 is 0. The standard InChI is InChI=1S/C12H19NO/c1-10-5-7-11(8-6-10)12(14)4-3-9-13-2/h5-8,12-14H,3-4,9H2,1-2H3. The van der Waals surface area contributed by atoms with Gasteiger partial charge in [-0.1, -0.05) is 29.8 Å². The molecule has 0 heterocycles. The van der Waals surface area contributed by atoms with Crippen molar-refractivity contribution in [2.24, 2.45) is 0 Å². The second-order valence-electron chi connectivity index (χ2n) is 3.67. The Morgan fingerprint density at radius 3 is 2.50 bits per heavy atom. The molecule has 0 spiro atoms. The minimum Gasteiger partial charge on any atom is -0.388 e. The quantitative estimate of drug-likeness (QED) is 0.701. The fourth-order valence-corrected chi connectivity index (χ4v) is 1.43. The van der Waals surface area contributed by atoms with Crippen molar-refractivity contribution >= 4 is 0 Å². The highest BCUT2D eigenvalue weighted by molar-refractivity contribution is 5.22. The van der Waals surface area contributed by atoms with Crippen LogP contribution in [0.4, 0.5) is 0 Å². The van der Waals surface area contributed by atoms with E-state index in [0.717, 1.165) is 24.9 Å². The van der Waals surface area contributed by atoms with Crippen LogP contribution >= 0.6 is 0 Å². The minimum atomic E-state index is -0.316. The van der Waals surface area contributed by atoms with E-state index in [4.69, 9.17) is 0 Å². The predicted octanol–water partition coefficient (Wildman–Crippen LogP) is 2.03. The summed E-state index contributed by atoms with van der Waals surface area (Å²) in [6.45, 7) is 3.01. The van der Waals surface area contributed by atoms with Gasteiger partial charge in [-0.25, -0.2) is 0 Å². The Kier molecular flexibility index (Phi) is 4.63. The molecule has 1 aromatic carbocycles. The summed E-state index contributed by atoms with van der Waals surface area (Å²) in [6, 6.07) is 8.08. The molecule has 0 bridgehead atoms. The predicted molar refractivity (Wildman–Crippen MR) is 59.3 cm³/mol. The van der Waals surface area contributed by atoms with E-state index in [1.165, 1.54) is 5.56 Å². The number of aliphatic hydroxyl groups excluding tert-OH is 1. The van der Waals surface area contributed by atoms with Gasteiger partial charge in [0.1, 0.15) is 0 Å². The lowest BCUT2D eigenvalue weighted by Crippen LogP contribution is -2.09. The van der Waals surface area contributed by atoms with E-state index < -0.39 is 0 Å². The molecule has 1 atom stereocenters. The van der Waals surface area contributed by atoms with Gasteiger partial charge in [-0.3, -0.25) is 0 Å². The van der Waals surface area contributed by atoms with Gasteiger partial charge in [0.25, 0.3) is 0 Å². The van der Waals surface area contributed by atoms with Crippen molar-refractivity contribution in [2.45, 2.75) is 25.9 Å². The van der Waals surface area contributed by atoms with Crippen LogP contribution in [0.1, 0.15) is 30.1 Å². The highest BCUT2D eigenvalue weighted by Crippen LogP contribution is 2.18. The SMILES string of the molecule is CNCCCC(O)c1ccc(C)cc1. The highest BCUT2D eigenvalue weighted by atomic mass is 16.3. The minimum absolute atomic E-state index is 0.316. The maximum Gasteiger partial charge on any atom is 0.0790 e. The molecule has 1 aromatic rings. The van der Waals surface area contributed by atoms with Crippen molar-refractivity contribution in [3.63, 3.8) is 0 Å². The van der Waals surface area contributed by atoms with Crippen molar-refractivity contribution in [1.82, 2.24) is 5.32 Å². The summed E-state index contributed by atoms with van der Waals surface area (Å²) >= 11 is 0. The van der Waals surface area contributed by atoms with Crippen molar-refractivity contribution < 1.29 is 5.11 Å². The Balaban J connectivity index is 2.43. The number of benzene rings is 1. The molecule has 2 N–H and O–H groups in total. The zero-order valence-corrected chi connectivity index (χ0v) is 8.96. The summed E-state index contributed by atoms with van der Waals surface area (Å²) in [5.41, 5.74) is 2.25. The first kappa shape index (κ1) is 11.2. The van der Waals surface area contributed by atoms with Gasteiger partial charge in [0.15, 0.2) is 0 Å². The third kappa shape index (κ3) is 3.48. The fourth-order valence-electron chi connectivity index (χ4n) is 1.43. The number of rotatable bonds is 5. The van der Waals surface area contributed by atoms with Gasteiger partial charge < -0.3 is 10.4 Å². The van der Waals surface area contributed by atoms with Crippen molar-refractivity contribution in [2.75, 3.05) is 13.6 Å². The van der Waals surface area contributed by atoms with E-state index in [-0.39, 0.29) is 6.10 Å². The number of hydrogen-bond acceptors (Lipinski definition) is 2. The van der Waals surface area contributed by atoms with E-state index in [1.807, 2.05) is 31.3 Å². The fraction of sp³-hybridized carbons (Fsp3) is 0.500. The van der Waals surface area contributed by atoms with Crippen LogP contribution in [0.15, 0.2) is 24.3 Å². The molecule has 0 aliphatic carbocycles. The summed E-state index contributed by atoms with van der Waals surface area (Å²) in [5.74, 6) is 0. The van der Waals surface area contributed by atoms with Gasteiger partial charge >= 0.3 is 0 Å². The van der Waals surface area contributed by atoms with Gasteiger partial charge in [-0.15, -0.1) is 0 Å². The van der Waals surface area contributed by atoms with Crippen LogP contribution in [0.5, 0.6) is 0 Å². The van der Waals surface area contributed by atoms with E-state index in [2.05, 4.69) is 12.2 Å². The molecular formula is C12H19NO. The van der Waals surface area contributed by atoms with E-state index in [9.17, 15) is 5.11 Å². The van der Waals surface area contributed by atoms with Crippen LogP contribution < -0.4 is 5.32 Å². The van der Waals surface area contributed by atoms with Gasteiger partial charge in [0, 0.05) is 0 Å². The third-order valence-corrected chi connectivity index (χ3v) is 2.37. The Hall–Kier alpha value is -0.860. The highest BCUT2D eigenvalue weighted by Gasteiger charge is 2.05. The first-order valence-electron chi connectivity index (χ1n) is 5.13. The lowest BCUT2D eigenvalue weighted by molar-refractivity contribution is 0.164. The summed E-state index contributed by atoms with van der Waals surface area (Å²) in [4.78, 5) is 0. The molecule has 0 radical (unpaired) electrons. The molecule has 2 heteroatoms. The van der Waals surface area contributed by atoms with Gasteiger partial charge in [0.05, 0.1) is 6.10 Å². The lowest BCUT2D eigenvalue weighted by Gasteiger charge is -2.10. The maximum atomic E-state index is 9.81. The average Bonchev–Trinajstić information content (AvgIpc) is 2.19. The largest absolute Gasteiger partial charge is 0.388 e. The molecule has 1 unspecified atom stereocenters.